The monoisotopic (exact) mass is 325 g/mol. The van der Waals surface area contributed by atoms with Crippen molar-refractivity contribution < 1.29 is 4.52 Å². The Hall–Kier alpha value is -2.37. The number of aryl methyl sites for hydroxylation is 2. The Labute approximate surface area is 141 Å². The molecule has 0 aliphatic carbocycles. The number of piperidine rings is 1. The van der Waals surface area contributed by atoms with Gasteiger partial charge in [-0.15, -0.1) is 0 Å². The molecule has 3 heterocycles. The third-order valence-electron chi connectivity index (χ3n) is 4.81. The van der Waals surface area contributed by atoms with Crippen molar-refractivity contribution in [3.63, 3.8) is 0 Å². The summed E-state index contributed by atoms with van der Waals surface area (Å²) in [6.45, 7) is 3.99. The quantitative estimate of drug-likeness (QED) is 0.736. The molecular formula is C18H23N5O. The summed E-state index contributed by atoms with van der Waals surface area (Å²) < 4.78 is 7.57. The topological polar surface area (TPSA) is 60.0 Å². The Morgan fingerprint density at radius 1 is 1.25 bits per heavy atom. The van der Waals surface area contributed by atoms with Gasteiger partial charge in [0, 0.05) is 32.5 Å². The predicted molar refractivity (Wildman–Crippen MR) is 93.2 cm³/mol. The molecule has 1 aliphatic rings. The lowest BCUT2D eigenvalue weighted by Crippen LogP contribution is -2.36. The molecule has 24 heavy (non-hydrogen) atoms. The zero-order valence-electron chi connectivity index (χ0n) is 14.3. The van der Waals surface area contributed by atoms with Gasteiger partial charge in [0.05, 0.1) is 11.0 Å². The van der Waals surface area contributed by atoms with Crippen LogP contribution in [0.2, 0.25) is 0 Å². The van der Waals surface area contributed by atoms with Crippen LogP contribution in [0.4, 0.5) is 5.95 Å². The molecular weight excluding hydrogens is 302 g/mol. The van der Waals surface area contributed by atoms with E-state index in [0.717, 1.165) is 62.0 Å². The zero-order chi connectivity index (χ0) is 16.5. The highest BCUT2D eigenvalue weighted by atomic mass is 16.5. The van der Waals surface area contributed by atoms with Gasteiger partial charge in [-0.3, -0.25) is 0 Å². The summed E-state index contributed by atoms with van der Waals surface area (Å²) in [6.07, 6.45) is 4.12. The van der Waals surface area contributed by atoms with Crippen LogP contribution in [0.15, 0.2) is 28.8 Å². The fourth-order valence-electron chi connectivity index (χ4n) is 3.59. The predicted octanol–water partition coefficient (Wildman–Crippen LogP) is 3.29. The van der Waals surface area contributed by atoms with E-state index in [1.165, 1.54) is 5.52 Å². The van der Waals surface area contributed by atoms with Crippen LogP contribution in [0.5, 0.6) is 0 Å². The summed E-state index contributed by atoms with van der Waals surface area (Å²) in [4.78, 5) is 11.6. The lowest BCUT2D eigenvalue weighted by Gasteiger charge is -2.31. The van der Waals surface area contributed by atoms with Gasteiger partial charge < -0.3 is 14.0 Å². The number of benzene rings is 1. The highest BCUT2D eigenvalue weighted by Gasteiger charge is 2.27. The summed E-state index contributed by atoms with van der Waals surface area (Å²) in [5.74, 6) is 3.00. The van der Waals surface area contributed by atoms with E-state index in [2.05, 4.69) is 51.8 Å². The van der Waals surface area contributed by atoms with Crippen molar-refractivity contribution in [1.29, 1.82) is 0 Å². The van der Waals surface area contributed by atoms with E-state index in [-0.39, 0.29) is 0 Å². The van der Waals surface area contributed by atoms with E-state index in [1.807, 2.05) is 6.07 Å². The highest BCUT2D eigenvalue weighted by molar-refractivity contribution is 5.75. The maximum absolute atomic E-state index is 5.35. The van der Waals surface area contributed by atoms with Crippen LogP contribution in [0, 0.1) is 0 Å². The van der Waals surface area contributed by atoms with E-state index in [1.54, 1.807) is 0 Å². The van der Waals surface area contributed by atoms with Crippen LogP contribution in [-0.4, -0.2) is 32.8 Å². The van der Waals surface area contributed by atoms with Gasteiger partial charge in [-0.25, -0.2) is 4.98 Å². The zero-order valence-corrected chi connectivity index (χ0v) is 14.3. The maximum atomic E-state index is 5.35. The molecule has 0 bridgehead atoms. The number of nitrogens with zero attached hydrogens (tertiary/aromatic N) is 5. The molecule has 6 nitrogen and oxygen atoms in total. The molecule has 2 aromatic heterocycles. The number of aromatic nitrogens is 4. The SMILES string of the molecule is CCCc1nc(N2CCC[C@H](c3nc4ccccc4n3C)C2)no1. The molecule has 0 amide bonds. The van der Waals surface area contributed by atoms with Gasteiger partial charge in [-0.1, -0.05) is 19.1 Å². The Morgan fingerprint density at radius 3 is 2.96 bits per heavy atom. The average molecular weight is 325 g/mol. The van der Waals surface area contributed by atoms with Crippen molar-refractivity contribution in [3.05, 3.63) is 36.0 Å². The molecule has 3 aromatic rings. The van der Waals surface area contributed by atoms with Crippen LogP contribution < -0.4 is 4.90 Å². The lowest BCUT2D eigenvalue weighted by molar-refractivity contribution is 0.374. The Balaban J connectivity index is 1.58. The molecule has 1 saturated heterocycles. The normalized spacial score (nSPS) is 18.4. The Kier molecular flexibility index (Phi) is 3.96. The summed E-state index contributed by atoms with van der Waals surface area (Å²) >= 11 is 0. The molecule has 1 atom stereocenters. The van der Waals surface area contributed by atoms with E-state index in [9.17, 15) is 0 Å². The van der Waals surface area contributed by atoms with Gasteiger partial charge in [0.1, 0.15) is 5.82 Å². The first-order valence-corrected chi connectivity index (χ1v) is 8.75. The van der Waals surface area contributed by atoms with Crippen molar-refractivity contribution in [2.75, 3.05) is 18.0 Å². The molecule has 1 fully saturated rings. The van der Waals surface area contributed by atoms with Gasteiger partial charge in [0.25, 0.3) is 5.95 Å². The van der Waals surface area contributed by atoms with Crippen molar-refractivity contribution in [2.45, 2.75) is 38.5 Å². The Bertz CT molecular complexity index is 837. The van der Waals surface area contributed by atoms with E-state index in [4.69, 9.17) is 9.51 Å². The molecule has 6 heteroatoms. The molecule has 0 unspecified atom stereocenters. The standard InChI is InChI=1S/C18H23N5O/c1-3-7-16-20-18(21-24-16)23-11-6-8-13(12-23)17-19-14-9-4-5-10-15(14)22(17)2/h4-5,9-10,13H,3,6-8,11-12H2,1-2H3/t13-/m0/s1. The van der Waals surface area contributed by atoms with Crippen molar-refractivity contribution in [1.82, 2.24) is 19.7 Å². The largest absolute Gasteiger partial charge is 0.337 e. The van der Waals surface area contributed by atoms with Crippen molar-refractivity contribution in [2.24, 2.45) is 7.05 Å². The van der Waals surface area contributed by atoms with E-state index in [0.29, 0.717) is 5.92 Å². The second kappa shape index (κ2) is 6.26. The second-order valence-electron chi connectivity index (χ2n) is 6.54. The van der Waals surface area contributed by atoms with Gasteiger partial charge in [-0.2, -0.15) is 4.98 Å². The van der Waals surface area contributed by atoms with Crippen LogP contribution in [0.3, 0.4) is 0 Å². The van der Waals surface area contributed by atoms with Crippen molar-refractivity contribution in [3.8, 4) is 0 Å². The summed E-state index contributed by atoms with van der Waals surface area (Å²) in [5, 5.41) is 4.16. The second-order valence-corrected chi connectivity index (χ2v) is 6.54. The number of anilines is 1. The first-order valence-electron chi connectivity index (χ1n) is 8.75. The minimum Gasteiger partial charge on any atom is -0.337 e. The highest BCUT2D eigenvalue weighted by Crippen LogP contribution is 2.30. The molecule has 126 valence electrons. The molecule has 4 rings (SSSR count). The number of hydrogen-bond acceptors (Lipinski definition) is 5. The molecule has 0 spiro atoms. The van der Waals surface area contributed by atoms with Gasteiger partial charge >= 0.3 is 0 Å². The van der Waals surface area contributed by atoms with Gasteiger partial charge in [0.15, 0.2) is 0 Å². The van der Waals surface area contributed by atoms with E-state index >= 15 is 0 Å². The third kappa shape index (κ3) is 2.66. The minimum absolute atomic E-state index is 0.393. The molecule has 0 saturated carbocycles. The van der Waals surface area contributed by atoms with Crippen LogP contribution in [0.1, 0.15) is 43.8 Å². The molecule has 1 aromatic carbocycles. The maximum Gasteiger partial charge on any atom is 0.266 e. The molecule has 1 aliphatic heterocycles. The number of para-hydroxylation sites is 2. The summed E-state index contributed by atoms with van der Waals surface area (Å²) in [6, 6.07) is 8.31. The minimum atomic E-state index is 0.393. The van der Waals surface area contributed by atoms with Crippen LogP contribution in [-0.2, 0) is 13.5 Å². The average Bonchev–Trinajstić information content (AvgIpc) is 3.21. The van der Waals surface area contributed by atoms with Crippen LogP contribution >= 0.6 is 0 Å². The summed E-state index contributed by atoms with van der Waals surface area (Å²) in [5.41, 5.74) is 2.26. The number of imidazole rings is 1. The fourth-order valence-corrected chi connectivity index (χ4v) is 3.59. The van der Waals surface area contributed by atoms with Gasteiger partial charge in [0.2, 0.25) is 5.89 Å². The lowest BCUT2D eigenvalue weighted by atomic mass is 9.97. The molecule has 0 radical (unpaired) electrons. The van der Waals surface area contributed by atoms with Crippen LogP contribution in [0.25, 0.3) is 11.0 Å². The third-order valence-corrected chi connectivity index (χ3v) is 4.81. The fraction of sp³-hybridized carbons (Fsp3) is 0.500. The molecule has 0 N–H and O–H groups in total. The number of hydrogen-bond donors (Lipinski definition) is 0. The number of rotatable bonds is 4. The Morgan fingerprint density at radius 2 is 2.12 bits per heavy atom. The van der Waals surface area contributed by atoms with Crippen molar-refractivity contribution >= 4 is 17.0 Å². The van der Waals surface area contributed by atoms with E-state index < -0.39 is 0 Å². The summed E-state index contributed by atoms with van der Waals surface area (Å²) in [7, 11) is 2.11. The first-order chi connectivity index (χ1) is 11.8. The smallest absolute Gasteiger partial charge is 0.266 e. The number of fused-ring (bicyclic) bond motifs is 1. The van der Waals surface area contributed by atoms with Gasteiger partial charge in [-0.05, 0) is 36.6 Å². The first kappa shape index (κ1) is 15.2.